The molecule has 0 aliphatic carbocycles. The summed E-state index contributed by atoms with van der Waals surface area (Å²) in [6.07, 6.45) is 6.48. The Labute approximate surface area is 107 Å². The summed E-state index contributed by atoms with van der Waals surface area (Å²) in [5.74, 6) is 0. The van der Waals surface area contributed by atoms with Crippen LogP contribution in [0.4, 0.5) is 0 Å². The van der Waals surface area contributed by atoms with Gasteiger partial charge in [0.25, 0.3) is 0 Å². The van der Waals surface area contributed by atoms with Crippen molar-refractivity contribution in [2.45, 2.75) is 45.6 Å². The van der Waals surface area contributed by atoms with Crippen molar-refractivity contribution < 1.29 is 0 Å². The fourth-order valence-electron chi connectivity index (χ4n) is 1.78. The standard InChI is InChI=1S/C13H21BrN2/c1-3-6-11(15-8-4-2)10-13-12(14)7-5-9-16-13/h5,7,9,11,15H,3-4,6,8,10H2,1-2H3. The third-order valence-electron chi connectivity index (χ3n) is 2.59. The van der Waals surface area contributed by atoms with E-state index in [-0.39, 0.29) is 0 Å². The summed E-state index contributed by atoms with van der Waals surface area (Å²) in [5.41, 5.74) is 1.16. The van der Waals surface area contributed by atoms with Crippen molar-refractivity contribution in [3.8, 4) is 0 Å². The molecule has 1 aromatic rings. The second-order valence-electron chi connectivity index (χ2n) is 4.08. The molecule has 0 amide bonds. The lowest BCUT2D eigenvalue weighted by Gasteiger charge is -2.17. The molecule has 1 unspecified atom stereocenters. The van der Waals surface area contributed by atoms with Crippen LogP contribution >= 0.6 is 15.9 Å². The van der Waals surface area contributed by atoms with E-state index >= 15 is 0 Å². The maximum absolute atomic E-state index is 4.42. The van der Waals surface area contributed by atoms with Gasteiger partial charge in [-0.15, -0.1) is 0 Å². The van der Waals surface area contributed by atoms with Gasteiger partial charge in [0, 0.05) is 23.1 Å². The van der Waals surface area contributed by atoms with Crippen LogP contribution in [0.3, 0.4) is 0 Å². The predicted molar refractivity (Wildman–Crippen MR) is 72.6 cm³/mol. The summed E-state index contributed by atoms with van der Waals surface area (Å²) in [4.78, 5) is 4.42. The molecule has 1 aromatic heterocycles. The second kappa shape index (κ2) is 7.80. The Morgan fingerprint density at radius 1 is 1.38 bits per heavy atom. The minimum absolute atomic E-state index is 0.552. The number of rotatable bonds is 7. The number of halogens is 1. The molecule has 1 heterocycles. The van der Waals surface area contributed by atoms with Crippen LogP contribution in [-0.2, 0) is 6.42 Å². The molecule has 1 atom stereocenters. The summed E-state index contributed by atoms with van der Waals surface area (Å²) >= 11 is 3.55. The lowest BCUT2D eigenvalue weighted by Crippen LogP contribution is -2.32. The molecular formula is C13H21BrN2. The summed E-state index contributed by atoms with van der Waals surface area (Å²) in [5, 5.41) is 3.59. The van der Waals surface area contributed by atoms with E-state index in [1.807, 2.05) is 12.3 Å². The third-order valence-corrected chi connectivity index (χ3v) is 3.32. The summed E-state index contributed by atoms with van der Waals surface area (Å²) in [7, 11) is 0. The molecule has 1 rings (SSSR count). The molecule has 0 radical (unpaired) electrons. The fraction of sp³-hybridized carbons (Fsp3) is 0.615. The minimum Gasteiger partial charge on any atom is -0.314 e. The summed E-state index contributed by atoms with van der Waals surface area (Å²) in [6, 6.07) is 4.57. The van der Waals surface area contributed by atoms with Crippen LogP contribution in [0.5, 0.6) is 0 Å². The Hall–Kier alpha value is -0.410. The Morgan fingerprint density at radius 2 is 2.19 bits per heavy atom. The molecule has 0 aromatic carbocycles. The summed E-state index contributed by atoms with van der Waals surface area (Å²) in [6.45, 7) is 5.52. The van der Waals surface area contributed by atoms with E-state index in [1.54, 1.807) is 0 Å². The van der Waals surface area contributed by atoms with Crippen LogP contribution in [0.2, 0.25) is 0 Å². The van der Waals surface area contributed by atoms with Crippen LogP contribution in [0.1, 0.15) is 38.8 Å². The van der Waals surface area contributed by atoms with Gasteiger partial charge in [0.15, 0.2) is 0 Å². The van der Waals surface area contributed by atoms with E-state index < -0.39 is 0 Å². The molecule has 16 heavy (non-hydrogen) atoms. The minimum atomic E-state index is 0.552. The van der Waals surface area contributed by atoms with Gasteiger partial charge in [0.05, 0.1) is 5.69 Å². The molecule has 0 spiro atoms. The van der Waals surface area contributed by atoms with Crippen molar-refractivity contribution in [1.29, 1.82) is 0 Å². The second-order valence-corrected chi connectivity index (χ2v) is 4.93. The number of aromatic nitrogens is 1. The average Bonchev–Trinajstić information content (AvgIpc) is 2.29. The van der Waals surface area contributed by atoms with Crippen LogP contribution in [0, 0.1) is 0 Å². The first-order valence-electron chi connectivity index (χ1n) is 6.10. The zero-order chi connectivity index (χ0) is 11.8. The van der Waals surface area contributed by atoms with Crippen molar-refractivity contribution in [1.82, 2.24) is 10.3 Å². The van der Waals surface area contributed by atoms with Gasteiger partial charge in [-0.05, 0) is 47.4 Å². The highest BCUT2D eigenvalue weighted by molar-refractivity contribution is 9.10. The maximum atomic E-state index is 4.42. The van der Waals surface area contributed by atoms with E-state index in [2.05, 4.69) is 46.1 Å². The molecule has 0 fully saturated rings. The van der Waals surface area contributed by atoms with E-state index in [0.717, 1.165) is 23.1 Å². The van der Waals surface area contributed by atoms with E-state index in [9.17, 15) is 0 Å². The van der Waals surface area contributed by atoms with Crippen molar-refractivity contribution in [3.05, 3.63) is 28.5 Å². The van der Waals surface area contributed by atoms with Crippen LogP contribution in [-0.4, -0.2) is 17.6 Å². The van der Waals surface area contributed by atoms with Gasteiger partial charge in [0.1, 0.15) is 0 Å². The smallest absolute Gasteiger partial charge is 0.0560 e. The first-order valence-corrected chi connectivity index (χ1v) is 6.90. The molecule has 3 heteroatoms. The maximum Gasteiger partial charge on any atom is 0.0560 e. The molecule has 0 aliphatic rings. The Balaban J connectivity index is 2.56. The highest BCUT2D eigenvalue weighted by atomic mass is 79.9. The molecular weight excluding hydrogens is 264 g/mol. The number of hydrogen-bond acceptors (Lipinski definition) is 2. The first kappa shape index (κ1) is 13.7. The van der Waals surface area contributed by atoms with E-state index in [4.69, 9.17) is 0 Å². The van der Waals surface area contributed by atoms with Crippen molar-refractivity contribution in [2.24, 2.45) is 0 Å². The fourth-order valence-corrected chi connectivity index (χ4v) is 2.19. The Bertz CT molecular complexity index is 302. The van der Waals surface area contributed by atoms with Crippen LogP contribution in [0.15, 0.2) is 22.8 Å². The van der Waals surface area contributed by atoms with Gasteiger partial charge in [0.2, 0.25) is 0 Å². The van der Waals surface area contributed by atoms with Gasteiger partial charge in [-0.3, -0.25) is 4.98 Å². The molecule has 0 bridgehead atoms. The van der Waals surface area contributed by atoms with Gasteiger partial charge in [-0.2, -0.15) is 0 Å². The molecule has 90 valence electrons. The molecule has 0 saturated heterocycles. The molecule has 2 nitrogen and oxygen atoms in total. The third kappa shape index (κ3) is 4.62. The highest BCUT2D eigenvalue weighted by Crippen LogP contribution is 2.16. The zero-order valence-electron chi connectivity index (χ0n) is 10.2. The van der Waals surface area contributed by atoms with Crippen molar-refractivity contribution in [2.75, 3.05) is 6.54 Å². The quantitative estimate of drug-likeness (QED) is 0.828. The number of hydrogen-bond donors (Lipinski definition) is 1. The summed E-state index contributed by atoms with van der Waals surface area (Å²) < 4.78 is 1.12. The Morgan fingerprint density at radius 3 is 2.81 bits per heavy atom. The average molecular weight is 285 g/mol. The number of pyridine rings is 1. The van der Waals surface area contributed by atoms with Crippen LogP contribution in [0.25, 0.3) is 0 Å². The van der Waals surface area contributed by atoms with Crippen molar-refractivity contribution in [3.63, 3.8) is 0 Å². The van der Waals surface area contributed by atoms with E-state index in [1.165, 1.54) is 19.3 Å². The van der Waals surface area contributed by atoms with Gasteiger partial charge in [-0.1, -0.05) is 20.3 Å². The zero-order valence-corrected chi connectivity index (χ0v) is 11.8. The Kier molecular flexibility index (Phi) is 6.65. The van der Waals surface area contributed by atoms with E-state index in [0.29, 0.717) is 6.04 Å². The number of nitrogens with one attached hydrogen (secondary N) is 1. The highest BCUT2D eigenvalue weighted by Gasteiger charge is 2.10. The van der Waals surface area contributed by atoms with Crippen LogP contribution < -0.4 is 5.32 Å². The van der Waals surface area contributed by atoms with Gasteiger partial charge < -0.3 is 5.32 Å². The number of nitrogens with zero attached hydrogens (tertiary/aromatic N) is 1. The normalized spacial score (nSPS) is 12.7. The van der Waals surface area contributed by atoms with Gasteiger partial charge >= 0.3 is 0 Å². The molecule has 0 saturated carbocycles. The lowest BCUT2D eigenvalue weighted by molar-refractivity contribution is 0.468. The monoisotopic (exact) mass is 284 g/mol. The SMILES string of the molecule is CCCNC(CCC)Cc1ncccc1Br. The molecule has 1 N–H and O–H groups in total. The first-order chi connectivity index (χ1) is 7.77. The topological polar surface area (TPSA) is 24.9 Å². The molecule has 0 aliphatic heterocycles. The largest absolute Gasteiger partial charge is 0.314 e. The van der Waals surface area contributed by atoms with Gasteiger partial charge in [-0.25, -0.2) is 0 Å². The van der Waals surface area contributed by atoms with Crippen molar-refractivity contribution >= 4 is 15.9 Å². The predicted octanol–water partition coefficient (Wildman–Crippen LogP) is 3.55. The lowest BCUT2D eigenvalue weighted by atomic mass is 10.1.